The lowest BCUT2D eigenvalue weighted by atomic mass is 10.2. The molecule has 0 aliphatic carbocycles. The fourth-order valence-electron chi connectivity index (χ4n) is 1.97. The maximum absolute atomic E-state index is 11.5. The van der Waals surface area contributed by atoms with Gasteiger partial charge in [-0.15, -0.1) is 0 Å². The minimum Gasteiger partial charge on any atom is -0.300 e. The molecule has 0 spiro atoms. The van der Waals surface area contributed by atoms with Crippen LogP contribution in [0.3, 0.4) is 0 Å². The topological polar surface area (TPSA) is 83.6 Å². The molecule has 0 aromatic heterocycles. The molecule has 84 valence electrons. The van der Waals surface area contributed by atoms with Crippen LogP contribution in [0.15, 0.2) is 0 Å². The SMILES string of the molecule is O=C1CNCC(=O)N1C1CCS(=O)(=O)C1. The highest BCUT2D eigenvalue weighted by atomic mass is 32.2. The van der Waals surface area contributed by atoms with Gasteiger partial charge in [0, 0.05) is 0 Å². The summed E-state index contributed by atoms with van der Waals surface area (Å²) in [6, 6.07) is -0.447. The lowest BCUT2D eigenvalue weighted by molar-refractivity contribution is -0.148. The fraction of sp³-hybridized carbons (Fsp3) is 0.750. The van der Waals surface area contributed by atoms with Gasteiger partial charge in [0.15, 0.2) is 9.84 Å². The monoisotopic (exact) mass is 232 g/mol. The maximum Gasteiger partial charge on any atom is 0.243 e. The maximum atomic E-state index is 11.5. The van der Waals surface area contributed by atoms with Crippen LogP contribution in [0, 0.1) is 0 Å². The normalized spacial score (nSPS) is 30.9. The molecule has 2 rings (SSSR count). The smallest absolute Gasteiger partial charge is 0.243 e. The van der Waals surface area contributed by atoms with Crippen molar-refractivity contribution in [1.82, 2.24) is 10.2 Å². The predicted molar refractivity (Wildman–Crippen MR) is 51.8 cm³/mol. The van der Waals surface area contributed by atoms with Crippen LogP contribution in [0.5, 0.6) is 0 Å². The van der Waals surface area contributed by atoms with Crippen molar-refractivity contribution < 1.29 is 18.0 Å². The first-order valence-corrected chi connectivity index (χ1v) is 6.58. The van der Waals surface area contributed by atoms with Crippen LogP contribution in [0.25, 0.3) is 0 Å². The number of imide groups is 1. The molecule has 2 aliphatic rings. The molecule has 0 aromatic carbocycles. The Morgan fingerprint density at radius 3 is 2.27 bits per heavy atom. The molecular weight excluding hydrogens is 220 g/mol. The van der Waals surface area contributed by atoms with E-state index in [1.54, 1.807) is 0 Å². The Bertz CT molecular complexity index is 387. The number of rotatable bonds is 1. The van der Waals surface area contributed by atoms with Crippen molar-refractivity contribution in [3.63, 3.8) is 0 Å². The Hall–Kier alpha value is -0.950. The second-order valence-corrected chi connectivity index (χ2v) is 6.05. The molecule has 0 aromatic rings. The molecular formula is C8H12N2O4S. The Balaban J connectivity index is 2.16. The number of nitrogens with zero attached hydrogens (tertiary/aromatic N) is 1. The third-order valence-corrected chi connectivity index (χ3v) is 4.41. The minimum atomic E-state index is -3.06. The van der Waals surface area contributed by atoms with Crippen LogP contribution in [0.1, 0.15) is 6.42 Å². The number of nitrogens with one attached hydrogen (secondary N) is 1. The lowest BCUT2D eigenvalue weighted by Gasteiger charge is -2.29. The van der Waals surface area contributed by atoms with Crippen molar-refractivity contribution >= 4 is 21.7 Å². The molecule has 2 aliphatic heterocycles. The molecule has 0 bridgehead atoms. The van der Waals surface area contributed by atoms with E-state index in [1.807, 2.05) is 0 Å². The van der Waals surface area contributed by atoms with Crippen LogP contribution in [-0.2, 0) is 19.4 Å². The van der Waals surface area contributed by atoms with E-state index in [9.17, 15) is 18.0 Å². The van der Waals surface area contributed by atoms with E-state index in [0.717, 1.165) is 4.90 Å². The molecule has 1 atom stereocenters. The zero-order valence-electron chi connectivity index (χ0n) is 8.10. The quantitative estimate of drug-likeness (QED) is 0.536. The van der Waals surface area contributed by atoms with E-state index >= 15 is 0 Å². The summed E-state index contributed by atoms with van der Waals surface area (Å²) in [6.07, 6.45) is 0.375. The second-order valence-electron chi connectivity index (χ2n) is 3.82. The summed E-state index contributed by atoms with van der Waals surface area (Å²) < 4.78 is 22.5. The molecule has 7 heteroatoms. The van der Waals surface area contributed by atoms with Crippen LogP contribution < -0.4 is 5.32 Å². The summed E-state index contributed by atoms with van der Waals surface area (Å²) in [6.45, 7) is 0.227. The Labute approximate surface area is 87.5 Å². The Morgan fingerprint density at radius 1 is 1.20 bits per heavy atom. The van der Waals surface area contributed by atoms with E-state index in [4.69, 9.17) is 0 Å². The van der Waals surface area contributed by atoms with Gasteiger partial charge in [-0.05, 0) is 6.42 Å². The van der Waals surface area contributed by atoms with Crippen molar-refractivity contribution in [3.8, 4) is 0 Å². The molecule has 2 saturated heterocycles. The average molecular weight is 232 g/mol. The van der Waals surface area contributed by atoms with Crippen molar-refractivity contribution in [3.05, 3.63) is 0 Å². The highest BCUT2D eigenvalue weighted by Crippen LogP contribution is 2.18. The largest absolute Gasteiger partial charge is 0.300 e. The number of amides is 2. The van der Waals surface area contributed by atoms with Gasteiger partial charge in [-0.3, -0.25) is 19.8 Å². The molecule has 15 heavy (non-hydrogen) atoms. The van der Waals surface area contributed by atoms with Crippen molar-refractivity contribution in [2.45, 2.75) is 12.5 Å². The number of hydrogen-bond donors (Lipinski definition) is 1. The van der Waals surface area contributed by atoms with E-state index in [0.29, 0.717) is 6.42 Å². The number of hydrogen-bond acceptors (Lipinski definition) is 5. The van der Waals surface area contributed by atoms with Gasteiger partial charge in [-0.1, -0.05) is 0 Å². The van der Waals surface area contributed by atoms with Gasteiger partial charge in [0.25, 0.3) is 0 Å². The summed E-state index contributed by atoms with van der Waals surface area (Å²) in [5.74, 6) is -0.659. The lowest BCUT2D eigenvalue weighted by Crippen LogP contribution is -2.56. The highest BCUT2D eigenvalue weighted by Gasteiger charge is 2.39. The number of sulfone groups is 1. The van der Waals surface area contributed by atoms with E-state index in [-0.39, 0.29) is 36.4 Å². The van der Waals surface area contributed by atoms with Crippen LogP contribution in [-0.4, -0.2) is 55.8 Å². The second kappa shape index (κ2) is 3.57. The Morgan fingerprint density at radius 2 is 1.80 bits per heavy atom. The van der Waals surface area contributed by atoms with Gasteiger partial charge in [-0.25, -0.2) is 8.42 Å². The highest BCUT2D eigenvalue weighted by molar-refractivity contribution is 7.91. The molecule has 1 N–H and O–H groups in total. The molecule has 2 fully saturated rings. The molecule has 6 nitrogen and oxygen atoms in total. The van der Waals surface area contributed by atoms with Crippen molar-refractivity contribution in [2.75, 3.05) is 24.6 Å². The summed E-state index contributed by atoms with van der Waals surface area (Å²) in [5, 5.41) is 2.67. The molecule has 2 amide bonds. The van der Waals surface area contributed by atoms with Crippen LogP contribution >= 0.6 is 0 Å². The predicted octanol–water partition coefficient (Wildman–Crippen LogP) is -1.87. The van der Waals surface area contributed by atoms with Crippen molar-refractivity contribution in [2.24, 2.45) is 0 Å². The Kier molecular flexibility index (Phi) is 2.51. The van der Waals surface area contributed by atoms with Gasteiger partial charge in [-0.2, -0.15) is 0 Å². The first-order chi connectivity index (χ1) is 6.99. The van der Waals surface area contributed by atoms with E-state index < -0.39 is 15.9 Å². The number of piperazine rings is 1. The molecule has 0 radical (unpaired) electrons. The van der Waals surface area contributed by atoms with Gasteiger partial charge >= 0.3 is 0 Å². The van der Waals surface area contributed by atoms with Gasteiger partial charge in [0.2, 0.25) is 11.8 Å². The van der Waals surface area contributed by atoms with E-state index in [2.05, 4.69) is 5.32 Å². The number of carbonyl (C=O) groups is 2. The third-order valence-electron chi connectivity index (χ3n) is 2.66. The standard InChI is InChI=1S/C8H12N2O4S/c11-7-3-9-4-8(12)10(7)6-1-2-15(13,14)5-6/h6,9H,1-5H2. The number of carbonyl (C=O) groups excluding carboxylic acids is 2. The summed E-state index contributed by atoms with van der Waals surface area (Å²) in [5.41, 5.74) is 0. The van der Waals surface area contributed by atoms with Gasteiger partial charge < -0.3 is 0 Å². The van der Waals surface area contributed by atoms with Crippen molar-refractivity contribution in [1.29, 1.82) is 0 Å². The zero-order valence-corrected chi connectivity index (χ0v) is 8.92. The third kappa shape index (κ3) is 2.03. The summed E-state index contributed by atoms with van der Waals surface area (Å²) in [4.78, 5) is 24.0. The summed E-state index contributed by atoms with van der Waals surface area (Å²) >= 11 is 0. The molecule has 2 heterocycles. The first-order valence-electron chi connectivity index (χ1n) is 4.76. The summed E-state index contributed by atoms with van der Waals surface area (Å²) in [7, 11) is -3.06. The minimum absolute atomic E-state index is 0.0716. The van der Waals surface area contributed by atoms with Gasteiger partial charge in [0.1, 0.15) is 0 Å². The van der Waals surface area contributed by atoms with Crippen LogP contribution in [0.4, 0.5) is 0 Å². The van der Waals surface area contributed by atoms with E-state index in [1.165, 1.54) is 0 Å². The van der Waals surface area contributed by atoms with Crippen LogP contribution in [0.2, 0.25) is 0 Å². The molecule has 0 saturated carbocycles. The average Bonchev–Trinajstić information content (AvgIpc) is 2.46. The fourth-order valence-corrected chi connectivity index (χ4v) is 3.67. The first kappa shape index (κ1) is 10.6. The zero-order chi connectivity index (χ0) is 11.1. The molecule has 1 unspecified atom stereocenters. The van der Waals surface area contributed by atoms with Gasteiger partial charge in [0.05, 0.1) is 30.6 Å².